The van der Waals surface area contributed by atoms with E-state index < -0.39 is 4.92 Å². The van der Waals surface area contributed by atoms with Gasteiger partial charge in [-0.3, -0.25) is 14.9 Å². The minimum absolute atomic E-state index is 0.0337. The Kier molecular flexibility index (Phi) is 6.46. The molecule has 0 unspecified atom stereocenters. The SMILES string of the molecule is CC(C)CCOc1ccc(/C=C/C(=O)c2ccc([N+](=O)[O-])cc2)cc1. The number of nitrogens with zero attached hydrogens (tertiary/aromatic N) is 1. The number of nitro groups is 1. The van der Waals surface area contributed by atoms with Gasteiger partial charge in [-0.15, -0.1) is 0 Å². The summed E-state index contributed by atoms with van der Waals surface area (Å²) in [7, 11) is 0. The number of benzene rings is 2. The molecule has 0 aliphatic heterocycles. The summed E-state index contributed by atoms with van der Waals surface area (Å²) < 4.78 is 5.65. The maximum absolute atomic E-state index is 12.1. The summed E-state index contributed by atoms with van der Waals surface area (Å²) in [5, 5.41) is 10.6. The predicted molar refractivity (Wildman–Crippen MR) is 97.9 cm³/mol. The van der Waals surface area contributed by atoms with E-state index in [-0.39, 0.29) is 11.5 Å². The van der Waals surface area contributed by atoms with Crippen LogP contribution < -0.4 is 4.74 Å². The van der Waals surface area contributed by atoms with Crippen LogP contribution in [-0.2, 0) is 0 Å². The lowest BCUT2D eigenvalue weighted by Gasteiger charge is -2.08. The molecule has 0 fully saturated rings. The van der Waals surface area contributed by atoms with Crippen molar-refractivity contribution in [1.82, 2.24) is 0 Å². The van der Waals surface area contributed by atoms with E-state index >= 15 is 0 Å². The molecule has 2 aromatic carbocycles. The molecule has 0 amide bonds. The van der Waals surface area contributed by atoms with E-state index in [4.69, 9.17) is 4.74 Å². The van der Waals surface area contributed by atoms with Crippen LogP contribution in [0, 0.1) is 16.0 Å². The van der Waals surface area contributed by atoms with E-state index in [1.54, 1.807) is 6.08 Å². The highest BCUT2D eigenvalue weighted by atomic mass is 16.6. The fourth-order valence-electron chi connectivity index (χ4n) is 2.10. The molecule has 0 radical (unpaired) electrons. The standard InChI is InChI=1S/C20H21NO4/c1-15(2)13-14-25-19-10-3-16(4-11-19)5-12-20(22)17-6-8-18(9-7-17)21(23)24/h3-12,15H,13-14H2,1-2H3/b12-5+. The zero-order valence-corrected chi connectivity index (χ0v) is 14.3. The van der Waals surface area contributed by atoms with E-state index in [1.807, 2.05) is 24.3 Å². The van der Waals surface area contributed by atoms with Gasteiger partial charge in [0.25, 0.3) is 5.69 Å². The molecule has 25 heavy (non-hydrogen) atoms. The lowest BCUT2D eigenvalue weighted by molar-refractivity contribution is -0.384. The summed E-state index contributed by atoms with van der Waals surface area (Å²) in [5.74, 6) is 1.21. The average molecular weight is 339 g/mol. The van der Waals surface area contributed by atoms with Crippen LogP contribution in [-0.4, -0.2) is 17.3 Å². The van der Waals surface area contributed by atoms with Gasteiger partial charge in [0.1, 0.15) is 5.75 Å². The number of rotatable bonds is 8. The molecular weight excluding hydrogens is 318 g/mol. The number of non-ortho nitro benzene ring substituents is 1. The first kappa shape index (κ1) is 18.4. The van der Waals surface area contributed by atoms with Crippen LogP contribution in [0.2, 0.25) is 0 Å². The van der Waals surface area contributed by atoms with Crippen LogP contribution in [0.15, 0.2) is 54.6 Å². The first-order valence-corrected chi connectivity index (χ1v) is 8.15. The zero-order valence-electron chi connectivity index (χ0n) is 14.3. The van der Waals surface area contributed by atoms with Gasteiger partial charge in [-0.05, 0) is 48.2 Å². The van der Waals surface area contributed by atoms with E-state index in [0.29, 0.717) is 18.1 Å². The Labute approximate surface area is 147 Å². The molecule has 0 N–H and O–H groups in total. The molecule has 5 nitrogen and oxygen atoms in total. The van der Waals surface area contributed by atoms with E-state index in [9.17, 15) is 14.9 Å². The second-order valence-corrected chi connectivity index (χ2v) is 6.10. The predicted octanol–water partition coefficient (Wildman–Crippen LogP) is 4.92. The minimum Gasteiger partial charge on any atom is -0.494 e. The quantitative estimate of drug-likeness (QED) is 0.296. The van der Waals surface area contributed by atoms with Crippen LogP contribution >= 0.6 is 0 Å². The van der Waals surface area contributed by atoms with Gasteiger partial charge in [0.05, 0.1) is 11.5 Å². The number of hydrogen-bond acceptors (Lipinski definition) is 4. The summed E-state index contributed by atoms with van der Waals surface area (Å²) in [6, 6.07) is 13.1. The van der Waals surface area contributed by atoms with Gasteiger partial charge in [0.15, 0.2) is 5.78 Å². The molecule has 0 aliphatic rings. The minimum atomic E-state index is -0.491. The maximum atomic E-state index is 12.1. The average Bonchev–Trinajstić information content (AvgIpc) is 2.60. The van der Waals surface area contributed by atoms with Gasteiger partial charge < -0.3 is 4.74 Å². The van der Waals surface area contributed by atoms with E-state index in [1.165, 1.54) is 30.3 Å². The highest BCUT2D eigenvalue weighted by molar-refractivity contribution is 6.06. The van der Waals surface area contributed by atoms with Gasteiger partial charge in [0.2, 0.25) is 0 Å². The van der Waals surface area contributed by atoms with Crippen molar-refractivity contribution in [3.05, 3.63) is 75.8 Å². The molecule has 0 heterocycles. The third-order valence-corrected chi connectivity index (χ3v) is 3.63. The highest BCUT2D eigenvalue weighted by Crippen LogP contribution is 2.16. The summed E-state index contributed by atoms with van der Waals surface area (Å²) in [5.41, 5.74) is 1.26. The molecule has 0 saturated carbocycles. The Morgan fingerprint density at radius 3 is 2.32 bits per heavy atom. The molecule has 0 aliphatic carbocycles. The van der Waals surface area contributed by atoms with Crippen molar-refractivity contribution < 1.29 is 14.5 Å². The third kappa shape index (κ3) is 5.88. The van der Waals surface area contributed by atoms with Gasteiger partial charge in [-0.2, -0.15) is 0 Å². The number of carbonyl (C=O) groups excluding carboxylic acids is 1. The molecule has 2 rings (SSSR count). The first-order valence-electron chi connectivity index (χ1n) is 8.15. The zero-order chi connectivity index (χ0) is 18.2. The van der Waals surface area contributed by atoms with Crippen LogP contribution in [0.25, 0.3) is 6.08 Å². The molecule has 130 valence electrons. The monoisotopic (exact) mass is 339 g/mol. The molecule has 0 bridgehead atoms. The third-order valence-electron chi connectivity index (χ3n) is 3.63. The van der Waals surface area contributed by atoms with Crippen molar-refractivity contribution >= 4 is 17.5 Å². The van der Waals surface area contributed by atoms with Gasteiger partial charge in [-0.25, -0.2) is 0 Å². The van der Waals surface area contributed by atoms with Crippen molar-refractivity contribution in [2.75, 3.05) is 6.61 Å². The number of carbonyl (C=O) groups is 1. The molecule has 0 saturated heterocycles. The number of nitro benzene ring substituents is 1. The molecule has 2 aromatic rings. The largest absolute Gasteiger partial charge is 0.494 e. The van der Waals surface area contributed by atoms with Gasteiger partial charge >= 0.3 is 0 Å². The van der Waals surface area contributed by atoms with Crippen LogP contribution in [0.5, 0.6) is 5.75 Å². The first-order chi connectivity index (χ1) is 12.0. The highest BCUT2D eigenvalue weighted by Gasteiger charge is 2.07. The Morgan fingerprint density at radius 2 is 1.76 bits per heavy atom. The van der Waals surface area contributed by atoms with Crippen molar-refractivity contribution in [3.8, 4) is 5.75 Å². The topological polar surface area (TPSA) is 69.4 Å². The number of allylic oxidation sites excluding steroid dienone is 1. The van der Waals surface area contributed by atoms with Crippen LogP contribution in [0.1, 0.15) is 36.2 Å². The Hall–Kier alpha value is -2.95. The second-order valence-electron chi connectivity index (χ2n) is 6.10. The number of ketones is 1. The Bertz CT molecular complexity index is 746. The molecular formula is C20H21NO4. The fourth-order valence-corrected chi connectivity index (χ4v) is 2.10. The summed E-state index contributed by atoms with van der Waals surface area (Å²) >= 11 is 0. The second kappa shape index (κ2) is 8.78. The van der Waals surface area contributed by atoms with Gasteiger partial charge in [-0.1, -0.05) is 32.1 Å². The van der Waals surface area contributed by atoms with Crippen LogP contribution in [0.4, 0.5) is 5.69 Å². The van der Waals surface area contributed by atoms with Crippen molar-refractivity contribution in [2.24, 2.45) is 5.92 Å². The fraction of sp³-hybridized carbons (Fsp3) is 0.250. The Balaban J connectivity index is 1.94. The molecule has 0 spiro atoms. The van der Waals surface area contributed by atoms with E-state index in [0.717, 1.165) is 17.7 Å². The van der Waals surface area contributed by atoms with E-state index in [2.05, 4.69) is 13.8 Å². The molecule has 5 heteroatoms. The smallest absolute Gasteiger partial charge is 0.269 e. The van der Waals surface area contributed by atoms with Crippen molar-refractivity contribution in [2.45, 2.75) is 20.3 Å². The normalized spacial score (nSPS) is 11.0. The lowest BCUT2D eigenvalue weighted by Crippen LogP contribution is -2.01. The number of ether oxygens (including phenoxy) is 1. The summed E-state index contributed by atoms with van der Waals surface area (Å²) in [6.45, 7) is 4.99. The molecule has 0 atom stereocenters. The molecule has 0 aromatic heterocycles. The van der Waals surface area contributed by atoms with Crippen molar-refractivity contribution in [1.29, 1.82) is 0 Å². The van der Waals surface area contributed by atoms with Crippen molar-refractivity contribution in [3.63, 3.8) is 0 Å². The van der Waals surface area contributed by atoms with Crippen LogP contribution in [0.3, 0.4) is 0 Å². The Morgan fingerprint density at radius 1 is 1.12 bits per heavy atom. The lowest BCUT2D eigenvalue weighted by atomic mass is 10.1. The summed E-state index contributed by atoms with van der Waals surface area (Å²) in [4.78, 5) is 22.2. The maximum Gasteiger partial charge on any atom is 0.269 e. The number of hydrogen-bond donors (Lipinski definition) is 0. The van der Waals surface area contributed by atoms with Gasteiger partial charge in [0, 0.05) is 17.7 Å². The summed E-state index contributed by atoms with van der Waals surface area (Å²) in [6.07, 6.45) is 4.17.